The number of benzene rings is 1. The molecular weight excluding hydrogens is 387 g/mol. The molecule has 0 saturated heterocycles. The number of pyridine rings is 1. The molecule has 1 heterocycles. The first-order chi connectivity index (χ1) is 12.2. The molecule has 0 aliphatic carbocycles. The summed E-state index contributed by atoms with van der Waals surface area (Å²) in [5.74, 6) is -2.85. The molecule has 0 amide bonds. The number of carbonyl (C=O) groups excluding carboxylic acids is 1. The fraction of sp³-hybridized carbons (Fsp3) is 0.333. The van der Waals surface area contributed by atoms with Crippen LogP contribution in [0, 0.1) is 17.6 Å². The molecule has 2 unspecified atom stereocenters. The van der Waals surface area contributed by atoms with Crippen molar-refractivity contribution < 1.29 is 23.4 Å². The minimum absolute atomic E-state index is 0.0131. The fourth-order valence-electron chi connectivity index (χ4n) is 2.55. The number of rotatable bonds is 6. The van der Waals surface area contributed by atoms with Crippen LogP contribution in [0.3, 0.4) is 0 Å². The Bertz CT molecular complexity index is 817. The van der Waals surface area contributed by atoms with Gasteiger partial charge < -0.3 is 9.84 Å². The number of aromatic nitrogens is 1. The second-order valence-corrected chi connectivity index (χ2v) is 6.51. The lowest BCUT2D eigenvalue weighted by molar-refractivity contribution is -0.155. The Hall–Kier alpha value is -1.76. The molecule has 4 nitrogen and oxygen atoms in total. The molecule has 2 rings (SSSR count). The quantitative estimate of drug-likeness (QED) is 0.572. The SMILES string of the molecule is CCOC(=O)C(O)C(C)Cc1c(-c2ccc(F)cc2F)cc(Cl)nc1Cl. The van der Waals surface area contributed by atoms with E-state index >= 15 is 0 Å². The zero-order valence-electron chi connectivity index (χ0n) is 14.1. The monoisotopic (exact) mass is 403 g/mol. The number of carbonyl (C=O) groups is 1. The van der Waals surface area contributed by atoms with Gasteiger partial charge in [0.15, 0.2) is 6.10 Å². The zero-order valence-corrected chi connectivity index (χ0v) is 15.6. The summed E-state index contributed by atoms with van der Waals surface area (Å²) >= 11 is 12.1. The van der Waals surface area contributed by atoms with Gasteiger partial charge in [-0.2, -0.15) is 0 Å². The molecule has 140 valence electrons. The number of hydrogen-bond donors (Lipinski definition) is 1. The average molecular weight is 404 g/mol. The standard InChI is InChI=1S/C18H17Cl2F2NO3/c1-3-26-18(25)16(24)9(2)6-13-12(8-15(19)23-17(13)20)11-5-4-10(21)7-14(11)22/h4-5,7-9,16,24H,3,6H2,1-2H3. The molecule has 0 fully saturated rings. The number of aliphatic hydroxyl groups excluding tert-OH is 1. The van der Waals surface area contributed by atoms with E-state index in [0.717, 1.165) is 12.1 Å². The molecule has 2 aromatic rings. The third-order valence-corrected chi connectivity index (χ3v) is 4.36. The lowest BCUT2D eigenvalue weighted by Gasteiger charge is -2.20. The van der Waals surface area contributed by atoms with E-state index < -0.39 is 29.6 Å². The molecule has 26 heavy (non-hydrogen) atoms. The van der Waals surface area contributed by atoms with Gasteiger partial charge in [0.1, 0.15) is 21.9 Å². The van der Waals surface area contributed by atoms with E-state index in [-0.39, 0.29) is 28.9 Å². The molecule has 1 aromatic carbocycles. The van der Waals surface area contributed by atoms with Gasteiger partial charge in [0.25, 0.3) is 0 Å². The lowest BCUT2D eigenvalue weighted by Crippen LogP contribution is -2.31. The summed E-state index contributed by atoms with van der Waals surface area (Å²) in [6, 6.07) is 4.53. The summed E-state index contributed by atoms with van der Waals surface area (Å²) in [6.45, 7) is 3.39. The molecular formula is C18H17Cl2F2NO3. The highest BCUT2D eigenvalue weighted by Crippen LogP contribution is 2.34. The normalized spacial score (nSPS) is 13.3. The Morgan fingerprint density at radius 3 is 2.58 bits per heavy atom. The van der Waals surface area contributed by atoms with E-state index in [0.29, 0.717) is 11.1 Å². The number of esters is 1. The van der Waals surface area contributed by atoms with Crippen LogP contribution in [-0.2, 0) is 16.0 Å². The van der Waals surface area contributed by atoms with Crippen molar-refractivity contribution in [3.63, 3.8) is 0 Å². The van der Waals surface area contributed by atoms with Gasteiger partial charge in [0, 0.05) is 11.6 Å². The molecule has 0 radical (unpaired) electrons. The maximum atomic E-state index is 14.2. The van der Waals surface area contributed by atoms with Crippen LogP contribution >= 0.6 is 23.2 Å². The number of halogens is 4. The van der Waals surface area contributed by atoms with Gasteiger partial charge >= 0.3 is 5.97 Å². The summed E-state index contributed by atoms with van der Waals surface area (Å²) in [4.78, 5) is 15.7. The van der Waals surface area contributed by atoms with Gasteiger partial charge in [0.05, 0.1) is 6.61 Å². The van der Waals surface area contributed by atoms with Crippen LogP contribution in [0.25, 0.3) is 11.1 Å². The largest absolute Gasteiger partial charge is 0.464 e. The summed E-state index contributed by atoms with van der Waals surface area (Å²) in [5, 5.41) is 10.1. The molecule has 0 saturated carbocycles. The Labute approximate surface area is 159 Å². The van der Waals surface area contributed by atoms with Crippen molar-refractivity contribution in [2.24, 2.45) is 5.92 Å². The van der Waals surface area contributed by atoms with Crippen LogP contribution in [-0.4, -0.2) is 28.8 Å². The van der Waals surface area contributed by atoms with Crippen LogP contribution in [0.4, 0.5) is 8.78 Å². The van der Waals surface area contributed by atoms with E-state index in [2.05, 4.69) is 4.98 Å². The summed E-state index contributed by atoms with van der Waals surface area (Å²) in [5.41, 5.74) is 0.790. The minimum atomic E-state index is -1.38. The molecule has 2 atom stereocenters. The first-order valence-corrected chi connectivity index (χ1v) is 8.65. The van der Waals surface area contributed by atoms with Crippen molar-refractivity contribution in [2.45, 2.75) is 26.4 Å². The first kappa shape index (κ1) is 20.6. The predicted octanol–water partition coefficient (Wildman–Crippen LogP) is 4.44. The number of nitrogens with zero attached hydrogens (tertiary/aromatic N) is 1. The van der Waals surface area contributed by atoms with E-state index in [1.54, 1.807) is 13.8 Å². The Balaban J connectivity index is 2.44. The summed E-state index contributed by atoms with van der Waals surface area (Å²) < 4.78 is 32.2. The molecule has 0 bridgehead atoms. The average Bonchev–Trinajstić information content (AvgIpc) is 2.56. The van der Waals surface area contributed by atoms with Crippen molar-refractivity contribution in [2.75, 3.05) is 6.61 Å². The highest BCUT2D eigenvalue weighted by atomic mass is 35.5. The topological polar surface area (TPSA) is 59.4 Å². The van der Waals surface area contributed by atoms with Gasteiger partial charge in [-0.05, 0) is 48.6 Å². The van der Waals surface area contributed by atoms with Crippen LogP contribution in [0.5, 0.6) is 0 Å². The highest BCUT2D eigenvalue weighted by Gasteiger charge is 2.26. The molecule has 0 aliphatic heterocycles. The predicted molar refractivity (Wildman–Crippen MR) is 95.1 cm³/mol. The van der Waals surface area contributed by atoms with Crippen molar-refractivity contribution in [3.05, 3.63) is 51.8 Å². The number of hydrogen-bond acceptors (Lipinski definition) is 4. The highest BCUT2D eigenvalue weighted by molar-refractivity contribution is 6.33. The second-order valence-electron chi connectivity index (χ2n) is 5.76. The van der Waals surface area contributed by atoms with E-state index in [1.807, 2.05) is 0 Å². The van der Waals surface area contributed by atoms with E-state index in [9.17, 15) is 18.7 Å². The van der Waals surface area contributed by atoms with Gasteiger partial charge in [-0.25, -0.2) is 18.6 Å². The maximum Gasteiger partial charge on any atom is 0.335 e. The number of aliphatic hydroxyl groups is 1. The maximum absolute atomic E-state index is 14.2. The van der Waals surface area contributed by atoms with E-state index in [1.165, 1.54) is 12.1 Å². The Morgan fingerprint density at radius 2 is 1.96 bits per heavy atom. The molecule has 0 spiro atoms. The van der Waals surface area contributed by atoms with Gasteiger partial charge in [-0.3, -0.25) is 0 Å². The van der Waals surface area contributed by atoms with E-state index in [4.69, 9.17) is 27.9 Å². The summed E-state index contributed by atoms with van der Waals surface area (Å²) in [6.07, 6.45) is -1.28. The van der Waals surface area contributed by atoms with Gasteiger partial charge in [0.2, 0.25) is 0 Å². The second kappa shape index (κ2) is 8.75. The van der Waals surface area contributed by atoms with Crippen LogP contribution in [0.15, 0.2) is 24.3 Å². The third-order valence-electron chi connectivity index (χ3n) is 3.86. The van der Waals surface area contributed by atoms with Crippen LogP contribution in [0.2, 0.25) is 10.3 Å². The molecule has 0 aliphatic rings. The fourth-order valence-corrected chi connectivity index (χ4v) is 3.05. The van der Waals surface area contributed by atoms with Crippen LogP contribution < -0.4 is 0 Å². The lowest BCUT2D eigenvalue weighted by atomic mass is 9.91. The molecule has 8 heteroatoms. The third kappa shape index (κ3) is 4.69. The van der Waals surface area contributed by atoms with Crippen molar-refractivity contribution in [3.8, 4) is 11.1 Å². The van der Waals surface area contributed by atoms with Crippen molar-refractivity contribution in [1.82, 2.24) is 4.98 Å². The molecule has 1 aromatic heterocycles. The molecule has 1 N–H and O–H groups in total. The zero-order chi connectivity index (χ0) is 19.4. The smallest absolute Gasteiger partial charge is 0.335 e. The minimum Gasteiger partial charge on any atom is -0.464 e. The van der Waals surface area contributed by atoms with Gasteiger partial charge in [-0.1, -0.05) is 30.1 Å². The number of ether oxygens (including phenoxy) is 1. The Morgan fingerprint density at radius 1 is 1.27 bits per heavy atom. The van der Waals surface area contributed by atoms with Crippen LogP contribution in [0.1, 0.15) is 19.4 Å². The van der Waals surface area contributed by atoms with Crippen molar-refractivity contribution >= 4 is 29.2 Å². The van der Waals surface area contributed by atoms with Crippen molar-refractivity contribution in [1.29, 1.82) is 0 Å². The van der Waals surface area contributed by atoms with Gasteiger partial charge in [-0.15, -0.1) is 0 Å². The summed E-state index contributed by atoms with van der Waals surface area (Å²) in [7, 11) is 0. The Kier molecular flexibility index (Phi) is 6.92. The first-order valence-electron chi connectivity index (χ1n) is 7.89.